The molecule has 1 aromatic carbocycles. The molecule has 0 unspecified atom stereocenters. The zero-order chi connectivity index (χ0) is 19.5. The fourth-order valence-electron chi connectivity index (χ4n) is 3.43. The first-order valence-electron chi connectivity index (χ1n) is 9.41. The van der Waals surface area contributed by atoms with Crippen molar-refractivity contribution in [3.05, 3.63) is 59.4 Å². The molecule has 1 aliphatic heterocycles. The number of carbonyl (C=O) groups is 1. The number of rotatable bonds is 4. The Labute approximate surface area is 163 Å². The number of hydrogen-bond donors (Lipinski definition) is 0. The molecule has 0 radical (unpaired) electrons. The monoisotopic (exact) mass is 372 g/mol. The van der Waals surface area contributed by atoms with Crippen LogP contribution in [0.4, 0.5) is 0 Å². The largest absolute Gasteiger partial charge is 0.457 e. The van der Waals surface area contributed by atoms with Crippen LogP contribution in [0.25, 0.3) is 23.0 Å². The first-order chi connectivity index (χ1) is 13.7. The highest BCUT2D eigenvalue weighted by Crippen LogP contribution is 2.26. The number of carbonyl (C=O) groups excluding carboxylic acids is 1. The standard InChI is InChI=1S/C22H20N4O2/c1-15(27)16-6-8-17(9-7-16)20-11-10-19(28-20)13-18(14-23)22-25-24-21-5-3-2-4-12-26(21)22/h6-11,13H,2-5,12H2,1H3/b18-13+. The smallest absolute Gasteiger partial charge is 0.174 e. The van der Waals surface area contributed by atoms with E-state index < -0.39 is 0 Å². The molecule has 4 rings (SSSR count). The number of furan rings is 1. The fourth-order valence-corrected chi connectivity index (χ4v) is 3.43. The topological polar surface area (TPSA) is 84.7 Å². The maximum absolute atomic E-state index is 11.4. The van der Waals surface area contributed by atoms with Gasteiger partial charge in [-0.3, -0.25) is 4.79 Å². The van der Waals surface area contributed by atoms with Crippen LogP contribution in [0.3, 0.4) is 0 Å². The van der Waals surface area contributed by atoms with Crippen molar-refractivity contribution in [2.45, 2.75) is 39.2 Å². The molecule has 140 valence electrons. The predicted octanol–water partition coefficient (Wildman–Crippen LogP) is 4.53. The Kier molecular flexibility index (Phi) is 4.90. The van der Waals surface area contributed by atoms with Gasteiger partial charge in [-0.25, -0.2) is 0 Å². The summed E-state index contributed by atoms with van der Waals surface area (Å²) in [4.78, 5) is 11.4. The van der Waals surface area contributed by atoms with E-state index in [1.165, 1.54) is 6.42 Å². The van der Waals surface area contributed by atoms with Crippen LogP contribution in [0.15, 0.2) is 40.8 Å². The van der Waals surface area contributed by atoms with Crippen LogP contribution < -0.4 is 0 Å². The van der Waals surface area contributed by atoms with E-state index in [4.69, 9.17) is 4.42 Å². The SMILES string of the molecule is CC(=O)c1ccc(-c2ccc(/C=C(\C#N)c3nnc4n3CCCCC4)o2)cc1. The Morgan fingerprint density at radius 2 is 1.96 bits per heavy atom. The minimum absolute atomic E-state index is 0.0284. The number of Topliss-reactive ketones (excluding diaryl/α,β-unsaturated/α-hetero) is 1. The number of fused-ring (bicyclic) bond motifs is 1. The Hall–Kier alpha value is -3.46. The van der Waals surface area contributed by atoms with Crippen molar-refractivity contribution in [1.29, 1.82) is 5.26 Å². The Morgan fingerprint density at radius 1 is 1.14 bits per heavy atom. The van der Waals surface area contributed by atoms with Crippen molar-refractivity contribution in [1.82, 2.24) is 14.8 Å². The van der Waals surface area contributed by atoms with E-state index in [-0.39, 0.29) is 5.78 Å². The molecule has 0 spiro atoms. The van der Waals surface area contributed by atoms with E-state index in [0.717, 1.165) is 37.2 Å². The molecule has 0 fully saturated rings. The van der Waals surface area contributed by atoms with Crippen molar-refractivity contribution in [3.8, 4) is 17.4 Å². The van der Waals surface area contributed by atoms with Crippen LogP contribution in [-0.2, 0) is 13.0 Å². The maximum Gasteiger partial charge on any atom is 0.174 e. The third kappa shape index (κ3) is 3.52. The zero-order valence-corrected chi connectivity index (χ0v) is 15.7. The molecule has 2 aromatic heterocycles. The summed E-state index contributed by atoms with van der Waals surface area (Å²) in [6, 6.07) is 13.2. The second-order valence-corrected chi connectivity index (χ2v) is 6.91. The molecule has 0 bridgehead atoms. The summed E-state index contributed by atoms with van der Waals surface area (Å²) in [7, 11) is 0. The van der Waals surface area contributed by atoms with E-state index in [2.05, 4.69) is 16.3 Å². The van der Waals surface area contributed by atoms with E-state index in [1.807, 2.05) is 28.8 Å². The molecule has 0 amide bonds. The van der Waals surface area contributed by atoms with Crippen molar-refractivity contribution in [2.24, 2.45) is 0 Å². The fraction of sp³-hybridized carbons (Fsp3) is 0.273. The summed E-state index contributed by atoms with van der Waals surface area (Å²) in [6.07, 6.45) is 5.94. The van der Waals surface area contributed by atoms with Crippen molar-refractivity contribution >= 4 is 17.4 Å². The van der Waals surface area contributed by atoms with Gasteiger partial charge in [-0.05, 0) is 31.9 Å². The van der Waals surface area contributed by atoms with Gasteiger partial charge in [0.2, 0.25) is 0 Å². The van der Waals surface area contributed by atoms with Gasteiger partial charge in [0.25, 0.3) is 0 Å². The minimum atomic E-state index is 0.0284. The summed E-state index contributed by atoms with van der Waals surface area (Å²) in [5.41, 5.74) is 1.97. The van der Waals surface area contributed by atoms with Gasteiger partial charge in [0, 0.05) is 30.2 Å². The number of benzene rings is 1. The van der Waals surface area contributed by atoms with Crippen LogP contribution in [0.5, 0.6) is 0 Å². The van der Waals surface area contributed by atoms with E-state index >= 15 is 0 Å². The number of nitrogens with zero attached hydrogens (tertiary/aromatic N) is 4. The highest BCUT2D eigenvalue weighted by molar-refractivity contribution is 5.94. The molecule has 6 heteroatoms. The summed E-state index contributed by atoms with van der Waals surface area (Å²) in [6.45, 7) is 2.38. The summed E-state index contributed by atoms with van der Waals surface area (Å²) < 4.78 is 7.95. The van der Waals surface area contributed by atoms with Crippen LogP contribution in [0, 0.1) is 11.3 Å². The van der Waals surface area contributed by atoms with E-state index in [9.17, 15) is 10.1 Å². The van der Waals surface area contributed by atoms with Gasteiger partial charge in [-0.1, -0.05) is 30.7 Å². The Balaban J connectivity index is 1.63. The normalized spacial score (nSPS) is 14.2. The average molecular weight is 372 g/mol. The molecule has 6 nitrogen and oxygen atoms in total. The summed E-state index contributed by atoms with van der Waals surface area (Å²) in [5.74, 6) is 2.83. The second kappa shape index (κ2) is 7.65. The molecule has 0 N–H and O–H groups in total. The summed E-state index contributed by atoms with van der Waals surface area (Å²) >= 11 is 0. The van der Waals surface area contributed by atoms with Gasteiger partial charge >= 0.3 is 0 Å². The maximum atomic E-state index is 11.4. The van der Waals surface area contributed by atoms with Gasteiger partial charge in [0.1, 0.15) is 29.0 Å². The van der Waals surface area contributed by atoms with Gasteiger partial charge in [0.05, 0.1) is 0 Å². The van der Waals surface area contributed by atoms with Gasteiger partial charge in [-0.2, -0.15) is 5.26 Å². The van der Waals surface area contributed by atoms with Gasteiger partial charge in [0.15, 0.2) is 11.6 Å². The first kappa shape index (κ1) is 17.9. The quantitative estimate of drug-likeness (QED) is 0.496. The number of nitriles is 1. The molecule has 3 heterocycles. The van der Waals surface area contributed by atoms with Crippen LogP contribution in [0.1, 0.15) is 54.0 Å². The minimum Gasteiger partial charge on any atom is -0.457 e. The van der Waals surface area contributed by atoms with Crippen LogP contribution in [0.2, 0.25) is 0 Å². The number of hydrogen-bond acceptors (Lipinski definition) is 5. The van der Waals surface area contributed by atoms with Crippen molar-refractivity contribution in [3.63, 3.8) is 0 Å². The van der Waals surface area contributed by atoms with Crippen molar-refractivity contribution < 1.29 is 9.21 Å². The Bertz CT molecular complexity index is 1080. The number of ketones is 1. The molecule has 28 heavy (non-hydrogen) atoms. The third-order valence-electron chi connectivity index (χ3n) is 4.96. The number of aromatic nitrogens is 3. The second-order valence-electron chi connectivity index (χ2n) is 6.91. The first-order valence-corrected chi connectivity index (χ1v) is 9.41. The molecule has 0 saturated heterocycles. The lowest BCUT2D eigenvalue weighted by Crippen LogP contribution is -2.05. The van der Waals surface area contributed by atoms with Crippen LogP contribution in [-0.4, -0.2) is 20.5 Å². The molecule has 1 aliphatic rings. The lowest BCUT2D eigenvalue weighted by molar-refractivity contribution is 0.101. The third-order valence-corrected chi connectivity index (χ3v) is 4.96. The highest BCUT2D eigenvalue weighted by Gasteiger charge is 2.18. The van der Waals surface area contributed by atoms with Gasteiger partial charge < -0.3 is 8.98 Å². The summed E-state index contributed by atoms with van der Waals surface area (Å²) in [5, 5.41) is 18.2. The predicted molar refractivity (Wildman–Crippen MR) is 105 cm³/mol. The van der Waals surface area contributed by atoms with E-state index in [1.54, 1.807) is 25.1 Å². The Morgan fingerprint density at radius 3 is 2.71 bits per heavy atom. The van der Waals surface area contributed by atoms with Crippen LogP contribution >= 0.6 is 0 Å². The molecule has 0 aliphatic carbocycles. The molecule has 0 saturated carbocycles. The highest BCUT2D eigenvalue weighted by atomic mass is 16.3. The molecular formula is C22H20N4O2. The van der Waals surface area contributed by atoms with Gasteiger partial charge in [-0.15, -0.1) is 10.2 Å². The molecular weight excluding hydrogens is 352 g/mol. The average Bonchev–Trinajstić information content (AvgIpc) is 3.27. The molecule has 0 atom stereocenters. The molecule has 3 aromatic rings. The number of aryl methyl sites for hydroxylation is 1. The lowest BCUT2D eigenvalue weighted by atomic mass is 10.1. The van der Waals surface area contributed by atoms with Crippen molar-refractivity contribution in [2.75, 3.05) is 0 Å². The lowest BCUT2D eigenvalue weighted by Gasteiger charge is -2.05. The number of allylic oxidation sites excluding steroid dienone is 1. The zero-order valence-electron chi connectivity index (χ0n) is 15.7. The van der Waals surface area contributed by atoms with E-state index in [0.29, 0.717) is 28.5 Å².